The summed E-state index contributed by atoms with van der Waals surface area (Å²) >= 11 is 6.05. The number of benzene rings is 1. The van der Waals surface area contributed by atoms with Gasteiger partial charge in [-0.25, -0.2) is 9.59 Å². The number of nitrogens with zero attached hydrogens (tertiary/aromatic N) is 2. The number of amides is 1. The third kappa shape index (κ3) is 4.54. The Labute approximate surface area is 147 Å². The van der Waals surface area contributed by atoms with E-state index in [1.807, 2.05) is 37.8 Å². The zero-order valence-corrected chi connectivity index (χ0v) is 15.2. The van der Waals surface area contributed by atoms with E-state index in [2.05, 4.69) is 0 Å². The molecule has 1 fully saturated rings. The number of hydrogen-bond acceptors (Lipinski definition) is 5. The van der Waals surface area contributed by atoms with Crippen molar-refractivity contribution in [3.8, 4) is 0 Å². The van der Waals surface area contributed by atoms with Crippen molar-refractivity contribution in [2.75, 3.05) is 31.6 Å². The van der Waals surface area contributed by atoms with Crippen LogP contribution in [0.5, 0.6) is 0 Å². The number of methoxy groups -OCH3 is 1. The summed E-state index contributed by atoms with van der Waals surface area (Å²) in [6.45, 7) is 6.57. The van der Waals surface area contributed by atoms with Crippen LogP contribution in [0.15, 0.2) is 24.3 Å². The molecule has 0 spiro atoms. The van der Waals surface area contributed by atoms with Gasteiger partial charge in [0.05, 0.1) is 13.7 Å². The first kappa shape index (κ1) is 18.4. The minimum atomic E-state index is -0.602. The van der Waals surface area contributed by atoms with Crippen molar-refractivity contribution in [1.82, 2.24) is 4.90 Å². The molecule has 1 aliphatic rings. The number of hydrogen-bond donors (Lipinski definition) is 0. The van der Waals surface area contributed by atoms with Crippen LogP contribution in [-0.4, -0.2) is 55.3 Å². The Bertz CT molecular complexity index is 615. The summed E-state index contributed by atoms with van der Waals surface area (Å²) in [5, 5.41) is 0.589. The molecule has 7 heteroatoms. The minimum absolute atomic E-state index is 0.202. The van der Waals surface area contributed by atoms with Crippen LogP contribution in [0.25, 0.3) is 0 Å². The molecule has 1 aromatic rings. The summed E-state index contributed by atoms with van der Waals surface area (Å²) in [7, 11) is 1.34. The molecule has 1 heterocycles. The first-order chi connectivity index (χ1) is 11.2. The number of piperazine rings is 1. The maximum Gasteiger partial charge on any atom is 0.410 e. The molecule has 1 amide bonds. The Morgan fingerprint density at radius 1 is 1.25 bits per heavy atom. The number of ether oxygens (including phenoxy) is 2. The van der Waals surface area contributed by atoms with Crippen molar-refractivity contribution in [3.05, 3.63) is 29.3 Å². The molecule has 1 aromatic carbocycles. The average Bonchev–Trinajstić information content (AvgIpc) is 2.52. The molecular formula is C17H23ClN2O4. The molecule has 1 aliphatic heterocycles. The van der Waals surface area contributed by atoms with Crippen LogP contribution in [-0.2, 0) is 14.3 Å². The largest absolute Gasteiger partial charge is 0.467 e. The van der Waals surface area contributed by atoms with Gasteiger partial charge >= 0.3 is 12.1 Å². The van der Waals surface area contributed by atoms with E-state index in [0.29, 0.717) is 18.1 Å². The molecule has 0 bridgehead atoms. The fourth-order valence-corrected chi connectivity index (χ4v) is 2.76. The van der Waals surface area contributed by atoms with E-state index in [1.54, 1.807) is 12.1 Å². The van der Waals surface area contributed by atoms with Crippen molar-refractivity contribution in [2.45, 2.75) is 32.4 Å². The van der Waals surface area contributed by atoms with Gasteiger partial charge in [0.1, 0.15) is 11.6 Å². The highest BCUT2D eigenvalue weighted by Gasteiger charge is 2.36. The van der Waals surface area contributed by atoms with E-state index in [4.69, 9.17) is 21.1 Å². The van der Waals surface area contributed by atoms with E-state index in [0.717, 1.165) is 5.69 Å². The summed E-state index contributed by atoms with van der Waals surface area (Å²) in [4.78, 5) is 27.9. The van der Waals surface area contributed by atoms with Gasteiger partial charge in [-0.15, -0.1) is 0 Å². The lowest BCUT2D eigenvalue weighted by Crippen LogP contribution is -2.58. The minimum Gasteiger partial charge on any atom is -0.467 e. The second kappa shape index (κ2) is 7.30. The maximum absolute atomic E-state index is 12.3. The Morgan fingerprint density at radius 2 is 1.96 bits per heavy atom. The van der Waals surface area contributed by atoms with Gasteiger partial charge in [-0.2, -0.15) is 0 Å². The van der Waals surface area contributed by atoms with Crippen LogP contribution >= 0.6 is 11.6 Å². The Balaban J connectivity index is 2.19. The third-order valence-electron chi connectivity index (χ3n) is 3.65. The Morgan fingerprint density at radius 3 is 2.54 bits per heavy atom. The highest BCUT2D eigenvalue weighted by molar-refractivity contribution is 6.30. The zero-order chi connectivity index (χ0) is 17.9. The molecule has 1 unspecified atom stereocenters. The van der Waals surface area contributed by atoms with Crippen LogP contribution in [0.4, 0.5) is 10.5 Å². The van der Waals surface area contributed by atoms with Gasteiger partial charge in [0, 0.05) is 23.8 Å². The van der Waals surface area contributed by atoms with Crippen LogP contribution in [0.1, 0.15) is 20.8 Å². The fraction of sp³-hybridized carbons (Fsp3) is 0.529. The zero-order valence-electron chi connectivity index (χ0n) is 14.4. The second-order valence-electron chi connectivity index (χ2n) is 6.64. The number of carbonyl (C=O) groups excluding carboxylic acids is 2. The lowest BCUT2D eigenvalue weighted by Gasteiger charge is -2.41. The smallest absolute Gasteiger partial charge is 0.410 e. The highest BCUT2D eigenvalue weighted by atomic mass is 35.5. The van der Waals surface area contributed by atoms with Crippen molar-refractivity contribution in [1.29, 1.82) is 0 Å². The van der Waals surface area contributed by atoms with Gasteiger partial charge in [0.15, 0.2) is 0 Å². The molecule has 0 N–H and O–H groups in total. The van der Waals surface area contributed by atoms with Crippen molar-refractivity contribution < 1.29 is 19.1 Å². The quantitative estimate of drug-likeness (QED) is 0.764. The molecule has 0 saturated carbocycles. The molecule has 0 aromatic heterocycles. The number of esters is 1. The predicted octanol–water partition coefficient (Wildman–Crippen LogP) is 2.94. The van der Waals surface area contributed by atoms with E-state index in [1.165, 1.54) is 12.0 Å². The van der Waals surface area contributed by atoms with E-state index in [9.17, 15) is 9.59 Å². The second-order valence-corrected chi connectivity index (χ2v) is 7.08. The van der Waals surface area contributed by atoms with E-state index < -0.39 is 23.7 Å². The predicted molar refractivity (Wildman–Crippen MR) is 92.4 cm³/mol. The summed E-state index contributed by atoms with van der Waals surface area (Å²) in [6, 6.07) is 6.67. The molecule has 1 saturated heterocycles. The molecule has 0 radical (unpaired) electrons. The van der Waals surface area contributed by atoms with Crippen LogP contribution < -0.4 is 4.90 Å². The summed E-state index contributed by atoms with van der Waals surface area (Å²) < 4.78 is 10.3. The van der Waals surface area contributed by atoms with E-state index in [-0.39, 0.29) is 6.54 Å². The van der Waals surface area contributed by atoms with E-state index >= 15 is 0 Å². The first-order valence-electron chi connectivity index (χ1n) is 7.79. The molecule has 0 aliphatic carbocycles. The monoisotopic (exact) mass is 354 g/mol. The maximum atomic E-state index is 12.3. The topological polar surface area (TPSA) is 59.1 Å². The lowest BCUT2D eigenvalue weighted by molar-refractivity contribution is -0.143. The van der Waals surface area contributed by atoms with Crippen LogP contribution in [0.3, 0.4) is 0 Å². The van der Waals surface area contributed by atoms with Crippen LogP contribution in [0, 0.1) is 0 Å². The van der Waals surface area contributed by atoms with Crippen molar-refractivity contribution in [3.63, 3.8) is 0 Å². The Kier molecular flexibility index (Phi) is 5.59. The van der Waals surface area contributed by atoms with Gasteiger partial charge in [-0.3, -0.25) is 0 Å². The molecular weight excluding hydrogens is 332 g/mol. The SMILES string of the molecule is COC(=O)C1CN(C(=O)OC(C)(C)C)CCN1c1cccc(Cl)c1. The standard InChI is InChI=1S/C17H23ClN2O4/c1-17(2,3)24-16(22)19-8-9-20(14(11-19)15(21)23-4)13-7-5-6-12(18)10-13/h5-7,10,14H,8-9,11H2,1-4H3. The first-order valence-corrected chi connectivity index (χ1v) is 8.17. The number of rotatable bonds is 2. The molecule has 24 heavy (non-hydrogen) atoms. The fourth-order valence-electron chi connectivity index (χ4n) is 2.58. The van der Waals surface area contributed by atoms with Gasteiger partial charge in [-0.1, -0.05) is 17.7 Å². The normalized spacial score (nSPS) is 18.3. The molecule has 2 rings (SSSR count). The van der Waals surface area contributed by atoms with Gasteiger partial charge < -0.3 is 19.3 Å². The summed E-state index contributed by atoms with van der Waals surface area (Å²) in [6.07, 6.45) is -0.429. The van der Waals surface area contributed by atoms with Gasteiger partial charge in [0.25, 0.3) is 0 Å². The van der Waals surface area contributed by atoms with Crippen molar-refractivity contribution >= 4 is 29.4 Å². The average molecular weight is 355 g/mol. The number of halogens is 1. The third-order valence-corrected chi connectivity index (χ3v) is 3.88. The Hall–Kier alpha value is -1.95. The summed E-state index contributed by atoms with van der Waals surface area (Å²) in [5.41, 5.74) is 0.240. The number of carbonyl (C=O) groups is 2. The lowest BCUT2D eigenvalue weighted by atomic mass is 10.1. The summed E-state index contributed by atoms with van der Waals surface area (Å²) in [5.74, 6) is -0.400. The van der Waals surface area contributed by atoms with Gasteiger partial charge in [0.2, 0.25) is 0 Å². The molecule has 132 valence electrons. The van der Waals surface area contributed by atoms with Gasteiger partial charge in [-0.05, 0) is 39.0 Å². The van der Waals surface area contributed by atoms with Crippen molar-refractivity contribution in [2.24, 2.45) is 0 Å². The van der Waals surface area contributed by atoms with Crippen LogP contribution in [0.2, 0.25) is 5.02 Å². The highest BCUT2D eigenvalue weighted by Crippen LogP contribution is 2.25. The number of anilines is 1. The molecule has 6 nitrogen and oxygen atoms in total. The molecule has 1 atom stereocenters.